The number of aryl methyl sites for hydroxylation is 2. The standard InChI is InChI=1S/C29H38N2O6S/c1-6-7-17-31(38(33,34)26-13-8-22(2)9-14-26)21-29(32)30(20-25-12-10-23(3)37-25)18-16-24-11-15-27(35-4)28(19-24)36-5/h8-15,19H,6-7,16-18,20-21H2,1-5H3. The first kappa shape index (κ1) is 29.3. The van der Waals surface area contributed by atoms with E-state index in [1.165, 1.54) is 4.31 Å². The molecule has 8 nitrogen and oxygen atoms in total. The topological polar surface area (TPSA) is 89.3 Å². The van der Waals surface area contributed by atoms with Crippen LogP contribution in [0.5, 0.6) is 11.5 Å². The number of furan rings is 1. The molecule has 0 saturated carbocycles. The van der Waals surface area contributed by atoms with Crippen LogP contribution < -0.4 is 9.47 Å². The summed E-state index contributed by atoms with van der Waals surface area (Å²) < 4.78 is 44.7. The molecule has 3 rings (SSSR count). The number of carbonyl (C=O) groups excluding carboxylic acids is 1. The Kier molecular flexibility index (Phi) is 10.4. The van der Waals surface area contributed by atoms with Gasteiger partial charge >= 0.3 is 0 Å². The van der Waals surface area contributed by atoms with E-state index in [1.807, 2.05) is 51.1 Å². The molecule has 1 aromatic heterocycles. The van der Waals surface area contributed by atoms with Gasteiger partial charge in [-0.3, -0.25) is 4.79 Å². The number of hydrogen-bond donors (Lipinski definition) is 0. The van der Waals surface area contributed by atoms with Crippen molar-refractivity contribution in [1.29, 1.82) is 0 Å². The molecular formula is C29H38N2O6S. The van der Waals surface area contributed by atoms with Crippen molar-refractivity contribution in [3.63, 3.8) is 0 Å². The van der Waals surface area contributed by atoms with Gasteiger partial charge in [0.05, 0.1) is 32.2 Å². The van der Waals surface area contributed by atoms with Crippen molar-refractivity contribution in [2.24, 2.45) is 0 Å². The first-order valence-corrected chi connectivity index (χ1v) is 14.2. The van der Waals surface area contributed by atoms with E-state index in [4.69, 9.17) is 13.9 Å². The predicted molar refractivity (Wildman–Crippen MR) is 147 cm³/mol. The van der Waals surface area contributed by atoms with Crippen molar-refractivity contribution in [1.82, 2.24) is 9.21 Å². The number of hydrogen-bond acceptors (Lipinski definition) is 6. The first-order valence-electron chi connectivity index (χ1n) is 12.8. The van der Waals surface area contributed by atoms with Crippen molar-refractivity contribution < 1.29 is 27.1 Å². The van der Waals surface area contributed by atoms with Gasteiger partial charge in [-0.1, -0.05) is 37.1 Å². The molecule has 38 heavy (non-hydrogen) atoms. The third kappa shape index (κ3) is 7.61. The van der Waals surface area contributed by atoms with Crippen LogP contribution in [-0.4, -0.2) is 57.4 Å². The maximum absolute atomic E-state index is 13.6. The highest BCUT2D eigenvalue weighted by Gasteiger charge is 2.28. The van der Waals surface area contributed by atoms with E-state index in [0.717, 1.165) is 23.3 Å². The van der Waals surface area contributed by atoms with Gasteiger partial charge in [0.15, 0.2) is 11.5 Å². The first-order chi connectivity index (χ1) is 18.2. The normalized spacial score (nSPS) is 11.5. The average Bonchev–Trinajstić information content (AvgIpc) is 3.33. The van der Waals surface area contributed by atoms with Crippen LogP contribution in [0.15, 0.2) is 63.9 Å². The fraction of sp³-hybridized carbons (Fsp3) is 0.414. The summed E-state index contributed by atoms with van der Waals surface area (Å²) in [5.41, 5.74) is 1.93. The van der Waals surface area contributed by atoms with Crippen LogP contribution in [0.3, 0.4) is 0 Å². The lowest BCUT2D eigenvalue weighted by Crippen LogP contribution is -2.43. The second kappa shape index (κ2) is 13.5. The maximum Gasteiger partial charge on any atom is 0.243 e. The third-order valence-electron chi connectivity index (χ3n) is 6.35. The minimum Gasteiger partial charge on any atom is -0.493 e. The molecule has 3 aromatic rings. The number of benzene rings is 2. The number of unbranched alkanes of at least 4 members (excludes halogenated alkanes) is 1. The fourth-order valence-corrected chi connectivity index (χ4v) is 5.51. The lowest BCUT2D eigenvalue weighted by Gasteiger charge is -2.27. The summed E-state index contributed by atoms with van der Waals surface area (Å²) >= 11 is 0. The summed E-state index contributed by atoms with van der Waals surface area (Å²) in [6.45, 7) is 6.38. The minimum atomic E-state index is -3.84. The van der Waals surface area contributed by atoms with Crippen LogP contribution in [-0.2, 0) is 27.8 Å². The van der Waals surface area contributed by atoms with Gasteiger partial charge in [-0.15, -0.1) is 0 Å². The molecule has 1 amide bonds. The summed E-state index contributed by atoms with van der Waals surface area (Å²) in [4.78, 5) is 15.5. The van der Waals surface area contributed by atoms with Gasteiger partial charge in [0.1, 0.15) is 11.5 Å². The molecule has 0 N–H and O–H groups in total. The van der Waals surface area contributed by atoms with Crippen LogP contribution in [0.2, 0.25) is 0 Å². The molecule has 0 aliphatic carbocycles. The molecule has 9 heteroatoms. The number of sulfonamides is 1. The number of rotatable bonds is 14. The smallest absolute Gasteiger partial charge is 0.243 e. The van der Waals surface area contributed by atoms with Gasteiger partial charge in [0.2, 0.25) is 15.9 Å². The highest BCUT2D eigenvalue weighted by atomic mass is 32.2. The second-order valence-electron chi connectivity index (χ2n) is 9.27. The van der Waals surface area contributed by atoms with Crippen molar-refractivity contribution in [3.05, 3.63) is 77.2 Å². The molecule has 0 aliphatic heterocycles. The Balaban J connectivity index is 1.84. The Morgan fingerprint density at radius 1 is 0.921 bits per heavy atom. The van der Waals surface area contributed by atoms with Gasteiger partial charge in [-0.25, -0.2) is 8.42 Å². The molecule has 206 valence electrons. The average molecular weight is 543 g/mol. The second-order valence-corrected chi connectivity index (χ2v) is 11.2. The quantitative estimate of drug-likeness (QED) is 0.286. The zero-order valence-electron chi connectivity index (χ0n) is 22.9. The predicted octanol–water partition coefficient (Wildman–Crippen LogP) is 4.98. The van der Waals surface area contributed by atoms with E-state index in [1.54, 1.807) is 43.4 Å². The monoisotopic (exact) mass is 542 g/mol. The largest absolute Gasteiger partial charge is 0.493 e. The number of ether oxygens (including phenoxy) is 2. The van der Waals surface area contributed by atoms with Gasteiger partial charge in [-0.05, 0) is 68.7 Å². The molecular weight excluding hydrogens is 504 g/mol. The highest BCUT2D eigenvalue weighted by Crippen LogP contribution is 2.28. The Labute approximate surface area is 226 Å². The van der Waals surface area contributed by atoms with Crippen molar-refractivity contribution in [3.8, 4) is 11.5 Å². The van der Waals surface area contributed by atoms with E-state index in [0.29, 0.717) is 36.6 Å². The Morgan fingerprint density at radius 3 is 2.24 bits per heavy atom. The molecule has 0 atom stereocenters. The Morgan fingerprint density at radius 2 is 1.63 bits per heavy atom. The summed E-state index contributed by atoms with van der Waals surface area (Å²) in [6, 6.07) is 16.0. The molecule has 0 spiro atoms. The number of nitrogens with zero attached hydrogens (tertiary/aromatic N) is 2. The van der Waals surface area contributed by atoms with Crippen LogP contribution in [0.1, 0.15) is 42.4 Å². The van der Waals surface area contributed by atoms with Crippen molar-refractivity contribution in [2.75, 3.05) is 33.9 Å². The highest BCUT2D eigenvalue weighted by molar-refractivity contribution is 7.89. The third-order valence-corrected chi connectivity index (χ3v) is 8.20. The van der Waals surface area contributed by atoms with Gasteiger partial charge < -0.3 is 18.8 Å². The summed E-state index contributed by atoms with van der Waals surface area (Å²) in [6.07, 6.45) is 2.01. The Bertz CT molecular complexity index is 1300. The molecule has 0 bridgehead atoms. The fourth-order valence-electron chi connectivity index (χ4n) is 4.08. The molecule has 0 saturated heterocycles. The molecule has 0 radical (unpaired) electrons. The Hall–Kier alpha value is -3.30. The zero-order chi connectivity index (χ0) is 27.7. The van der Waals surface area contributed by atoms with Gasteiger partial charge in [-0.2, -0.15) is 4.31 Å². The minimum absolute atomic E-state index is 0.186. The SMILES string of the molecule is CCCCN(CC(=O)N(CCc1ccc(OC)c(OC)c1)Cc1ccc(C)o1)S(=O)(=O)c1ccc(C)cc1. The summed E-state index contributed by atoms with van der Waals surface area (Å²) in [7, 11) is -0.678. The molecule has 2 aromatic carbocycles. The number of carbonyl (C=O) groups is 1. The number of methoxy groups -OCH3 is 2. The van der Waals surface area contributed by atoms with E-state index >= 15 is 0 Å². The summed E-state index contributed by atoms with van der Waals surface area (Å²) in [5, 5.41) is 0. The molecule has 1 heterocycles. The zero-order valence-corrected chi connectivity index (χ0v) is 23.7. The maximum atomic E-state index is 13.6. The molecule has 0 unspecified atom stereocenters. The van der Waals surface area contributed by atoms with Gasteiger partial charge in [0.25, 0.3) is 0 Å². The van der Waals surface area contributed by atoms with Crippen LogP contribution in [0.25, 0.3) is 0 Å². The van der Waals surface area contributed by atoms with Crippen LogP contribution >= 0.6 is 0 Å². The van der Waals surface area contributed by atoms with Gasteiger partial charge in [0, 0.05) is 13.1 Å². The van der Waals surface area contributed by atoms with E-state index in [2.05, 4.69) is 0 Å². The summed E-state index contributed by atoms with van der Waals surface area (Å²) in [5.74, 6) is 2.34. The van der Waals surface area contributed by atoms with E-state index < -0.39 is 10.0 Å². The van der Waals surface area contributed by atoms with Crippen LogP contribution in [0, 0.1) is 13.8 Å². The lowest BCUT2D eigenvalue weighted by atomic mass is 10.1. The number of amides is 1. The molecule has 0 aliphatic rings. The molecule has 0 fully saturated rings. The van der Waals surface area contributed by atoms with Crippen molar-refractivity contribution >= 4 is 15.9 Å². The lowest BCUT2D eigenvalue weighted by molar-refractivity contribution is -0.132. The van der Waals surface area contributed by atoms with E-state index in [9.17, 15) is 13.2 Å². The van der Waals surface area contributed by atoms with E-state index in [-0.39, 0.29) is 30.4 Å². The van der Waals surface area contributed by atoms with Crippen molar-refractivity contribution in [2.45, 2.75) is 51.5 Å². The van der Waals surface area contributed by atoms with Crippen LogP contribution in [0.4, 0.5) is 0 Å².